The zero-order valence-corrected chi connectivity index (χ0v) is 11.2. The number of aromatic nitrogens is 1. The normalized spacial score (nSPS) is 10.3. The Balaban J connectivity index is 2.21. The van der Waals surface area contributed by atoms with E-state index in [1.807, 2.05) is 0 Å². The van der Waals surface area contributed by atoms with Gasteiger partial charge in [0, 0.05) is 11.8 Å². The third-order valence-electron chi connectivity index (χ3n) is 2.43. The molecular formula is C12H12FN3O2S. The second-order valence-electron chi connectivity index (χ2n) is 3.77. The Morgan fingerprint density at radius 2 is 2.26 bits per heavy atom. The van der Waals surface area contributed by atoms with Crippen LogP contribution < -0.4 is 15.8 Å². The standard InChI is InChI=1S/C12H12FN3O2S/c1-6-10(19-12(14)15-6)11(17)16-7-3-4-8(13)9(5-7)18-2/h3-5H,1-2H3,(H2,14,15)(H,16,17). The fraction of sp³-hybridized carbons (Fsp3) is 0.167. The lowest BCUT2D eigenvalue weighted by atomic mass is 10.2. The minimum Gasteiger partial charge on any atom is -0.494 e. The number of carbonyl (C=O) groups is 1. The highest BCUT2D eigenvalue weighted by Crippen LogP contribution is 2.24. The molecule has 0 saturated carbocycles. The number of nitrogen functional groups attached to an aromatic ring is 1. The first-order chi connectivity index (χ1) is 9.01. The molecule has 7 heteroatoms. The van der Waals surface area contributed by atoms with Crippen molar-refractivity contribution in [3.05, 3.63) is 34.6 Å². The maximum atomic E-state index is 13.2. The molecule has 1 aromatic heterocycles. The number of nitrogens with two attached hydrogens (primary N) is 1. The highest BCUT2D eigenvalue weighted by molar-refractivity contribution is 7.17. The lowest BCUT2D eigenvalue weighted by molar-refractivity contribution is 0.103. The smallest absolute Gasteiger partial charge is 0.267 e. The molecule has 1 aromatic carbocycles. The van der Waals surface area contributed by atoms with Crippen LogP contribution in [0.1, 0.15) is 15.4 Å². The molecule has 0 aliphatic carbocycles. The molecule has 0 fully saturated rings. The van der Waals surface area contributed by atoms with E-state index in [1.165, 1.54) is 25.3 Å². The minimum atomic E-state index is -0.487. The SMILES string of the molecule is COc1cc(NC(=O)c2sc(N)nc2C)ccc1F. The van der Waals surface area contributed by atoms with Crippen LogP contribution in [0.3, 0.4) is 0 Å². The van der Waals surface area contributed by atoms with Crippen LogP contribution in [0.15, 0.2) is 18.2 Å². The maximum Gasteiger partial charge on any atom is 0.267 e. The first-order valence-corrected chi connectivity index (χ1v) is 6.20. The summed E-state index contributed by atoms with van der Waals surface area (Å²) >= 11 is 1.10. The summed E-state index contributed by atoms with van der Waals surface area (Å²) in [4.78, 5) is 16.4. The number of nitrogens with zero attached hydrogens (tertiary/aromatic N) is 1. The van der Waals surface area contributed by atoms with Gasteiger partial charge in [-0.25, -0.2) is 9.37 Å². The van der Waals surface area contributed by atoms with Crippen molar-refractivity contribution in [2.24, 2.45) is 0 Å². The molecule has 0 atom stereocenters. The third kappa shape index (κ3) is 2.82. The second kappa shape index (κ2) is 5.23. The molecule has 2 aromatic rings. The number of rotatable bonds is 3. The van der Waals surface area contributed by atoms with E-state index in [2.05, 4.69) is 10.3 Å². The Morgan fingerprint density at radius 3 is 2.84 bits per heavy atom. The van der Waals surface area contributed by atoms with Gasteiger partial charge in [-0.1, -0.05) is 11.3 Å². The summed E-state index contributed by atoms with van der Waals surface area (Å²) in [5, 5.41) is 2.98. The third-order valence-corrected chi connectivity index (χ3v) is 3.41. The summed E-state index contributed by atoms with van der Waals surface area (Å²) in [6.45, 7) is 1.70. The molecule has 0 saturated heterocycles. The number of amides is 1. The van der Waals surface area contributed by atoms with E-state index < -0.39 is 5.82 Å². The second-order valence-corrected chi connectivity index (χ2v) is 4.80. The molecule has 0 aliphatic heterocycles. The quantitative estimate of drug-likeness (QED) is 0.905. The highest BCUT2D eigenvalue weighted by Gasteiger charge is 2.15. The van der Waals surface area contributed by atoms with Gasteiger partial charge in [0.1, 0.15) is 4.88 Å². The number of hydrogen-bond acceptors (Lipinski definition) is 5. The van der Waals surface area contributed by atoms with E-state index in [0.717, 1.165) is 11.3 Å². The van der Waals surface area contributed by atoms with E-state index >= 15 is 0 Å². The van der Waals surface area contributed by atoms with Gasteiger partial charge in [0.15, 0.2) is 16.7 Å². The van der Waals surface area contributed by atoms with Gasteiger partial charge in [0.2, 0.25) is 0 Å². The van der Waals surface area contributed by atoms with Crippen molar-refractivity contribution in [2.45, 2.75) is 6.92 Å². The Labute approximate surface area is 113 Å². The van der Waals surface area contributed by atoms with Gasteiger partial charge >= 0.3 is 0 Å². The van der Waals surface area contributed by atoms with Gasteiger partial charge in [-0.05, 0) is 19.1 Å². The Kier molecular flexibility index (Phi) is 3.66. The monoisotopic (exact) mass is 281 g/mol. The predicted molar refractivity (Wildman–Crippen MR) is 72.2 cm³/mol. The summed E-state index contributed by atoms with van der Waals surface area (Å²) in [5.41, 5.74) is 6.54. The Hall–Kier alpha value is -2.15. The first-order valence-electron chi connectivity index (χ1n) is 5.39. The van der Waals surface area contributed by atoms with Gasteiger partial charge in [-0.3, -0.25) is 4.79 Å². The molecular weight excluding hydrogens is 269 g/mol. The van der Waals surface area contributed by atoms with Crippen LogP contribution in [-0.4, -0.2) is 18.0 Å². The van der Waals surface area contributed by atoms with Crippen LogP contribution in [-0.2, 0) is 0 Å². The fourth-order valence-corrected chi connectivity index (χ4v) is 2.28. The van der Waals surface area contributed by atoms with Gasteiger partial charge in [-0.2, -0.15) is 0 Å². The number of aryl methyl sites for hydroxylation is 1. The summed E-state index contributed by atoms with van der Waals surface area (Å²) in [7, 11) is 1.36. The molecule has 2 rings (SSSR count). The Morgan fingerprint density at radius 1 is 1.53 bits per heavy atom. The zero-order chi connectivity index (χ0) is 14.0. The van der Waals surface area contributed by atoms with Crippen LogP contribution >= 0.6 is 11.3 Å². The minimum absolute atomic E-state index is 0.0679. The van der Waals surface area contributed by atoms with E-state index in [-0.39, 0.29) is 11.7 Å². The van der Waals surface area contributed by atoms with Crippen molar-refractivity contribution in [2.75, 3.05) is 18.2 Å². The summed E-state index contributed by atoms with van der Waals surface area (Å²) in [6, 6.07) is 4.09. The van der Waals surface area contributed by atoms with Gasteiger partial charge < -0.3 is 15.8 Å². The molecule has 0 bridgehead atoms. The molecule has 100 valence electrons. The van der Waals surface area contributed by atoms with Crippen LogP contribution in [0.2, 0.25) is 0 Å². The van der Waals surface area contributed by atoms with E-state index in [1.54, 1.807) is 6.92 Å². The summed E-state index contributed by atoms with van der Waals surface area (Å²) in [6.07, 6.45) is 0. The number of hydrogen-bond donors (Lipinski definition) is 2. The molecule has 0 spiro atoms. The molecule has 5 nitrogen and oxygen atoms in total. The lowest BCUT2D eigenvalue weighted by Gasteiger charge is -2.07. The van der Waals surface area contributed by atoms with Crippen molar-refractivity contribution in [3.63, 3.8) is 0 Å². The van der Waals surface area contributed by atoms with Crippen molar-refractivity contribution in [1.29, 1.82) is 0 Å². The van der Waals surface area contributed by atoms with Crippen molar-refractivity contribution >= 4 is 28.1 Å². The molecule has 0 radical (unpaired) electrons. The van der Waals surface area contributed by atoms with Gasteiger partial charge in [0.05, 0.1) is 12.8 Å². The summed E-state index contributed by atoms with van der Waals surface area (Å²) in [5.74, 6) is -0.752. The topological polar surface area (TPSA) is 77.2 Å². The molecule has 19 heavy (non-hydrogen) atoms. The molecule has 0 unspecified atom stereocenters. The number of thiazole rings is 1. The maximum absolute atomic E-state index is 13.2. The highest BCUT2D eigenvalue weighted by atomic mass is 32.1. The first kappa shape index (κ1) is 13.3. The molecule has 1 heterocycles. The number of carbonyl (C=O) groups excluding carboxylic acids is 1. The number of ether oxygens (including phenoxy) is 1. The number of methoxy groups -OCH3 is 1. The van der Waals surface area contributed by atoms with E-state index in [0.29, 0.717) is 21.4 Å². The number of anilines is 2. The molecule has 3 N–H and O–H groups in total. The van der Waals surface area contributed by atoms with Gasteiger partial charge in [0.25, 0.3) is 5.91 Å². The largest absolute Gasteiger partial charge is 0.494 e. The fourth-order valence-electron chi connectivity index (χ4n) is 1.55. The molecule has 0 aliphatic rings. The van der Waals surface area contributed by atoms with Crippen LogP contribution in [0.4, 0.5) is 15.2 Å². The molecule has 1 amide bonds. The zero-order valence-electron chi connectivity index (χ0n) is 10.4. The number of benzene rings is 1. The van der Waals surface area contributed by atoms with Crippen LogP contribution in [0.5, 0.6) is 5.75 Å². The average Bonchev–Trinajstić information content (AvgIpc) is 2.71. The van der Waals surface area contributed by atoms with Crippen molar-refractivity contribution in [1.82, 2.24) is 4.98 Å². The average molecular weight is 281 g/mol. The van der Waals surface area contributed by atoms with Gasteiger partial charge in [-0.15, -0.1) is 0 Å². The van der Waals surface area contributed by atoms with Crippen molar-refractivity contribution < 1.29 is 13.9 Å². The van der Waals surface area contributed by atoms with Crippen molar-refractivity contribution in [3.8, 4) is 5.75 Å². The number of nitrogens with one attached hydrogen (secondary N) is 1. The van der Waals surface area contributed by atoms with E-state index in [4.69, 9.17) is 10.5 Å². The van der Waals surface area contributed by atoms with Crippen LogP contribution in [0, 0.1) is 12.7 Å². The Bertz CT molecular complexity index is 627. The van der Waals surface area contributed by atoms with Crippen LogP contribution in [0.25, 0.3) is 0 Å². The van der Waals surface area contributed by atoms with E-state index in [9.17, 15) is 9.18 Å². The summed E-state index contributed by atoms with van der Waals surface area (Å²) < 4.78 is 18.1. The lowest BCUT2D eigenvalue weighted by Crippen LogP contribution is -2.11. The number of halogens is 1. The predicted octanol–water partition coefficient (Wildman–Crippen LogP) is 2.43.